The van der Waals surface area contributed by atoms with Crippen LogP contribution in [0.2, 0.25) is 0 Å². The Balaban J connectivity index is 3.13. The van der Waals surface area contributed by atoms with Crippen LogP contribution in [0.15, 0.2) is 22.7 Å². The van der Waals surface area contributed by atoms with Gasteiger partial charge >= 0.3 is 6.36 Å². The fourth-order valence-electron chi connectivity index (χ4n) is 1.12. The Kier molecular flexibility index (Phi) is 3.96. The molecule has 0 radical (unpaired) electrons. The third-order valence-corrected chi connectivity index (χ3v) is 2.28. The highest BCUT2D eigenvalue weighted by atomic mass is 79.9. The van der Waals surface area contributed by atoms with Crippen molar-refractivity contribution in [3.8, 4) is 5.75 Å². The molecule has 2 nitrogen and oxygen atoms in total. The smallest absolute Gasteiger partial charge is 0.405 e. The van der Waals surface area contributed by atoms with E-state index in [0.717, 1.165) is 6.07 Å². The first kappa shape index (κ1) is 13.0. The molecule has 0 aliphatic rings. The minimum absolute atomic E-state index is 0.0748. The summed E-state index contributed by atoms with van der Waals surface area (Å²) in [5.74, 6) is -0.872. The Morgan fingerprint density at radius 1 is 1.44 bits per heavy atom. The van der Waals surface area contributed by atoms with Gasteiger partial charge in [0.05, 0.1) is 5.56 Å². The van der Waals surface area contributed by atoms with Crippen molar-refractivity contribution in [2.75, 3.05) is 0 Å². The number of ether oxygens (including phenoxy) is 1. The fourth-order valence-corrected chi connectivity index (χ4v) is 1.49. The molecular formula is C10H8BrF3O2. The second kappa shape index (κ2) is 4.86. The average Bonchev–Trinajstić information content (AvgIpc) is 2.17. The van der Waals surface area contributed by atoms with Crippen molar-refractivity contribution < 1.29 is 22.7 Å². The summed E-state index contributed by atoms with van der Waals surface area (Å²) in [7, 11) is 0. The lowest BCUT2D eigenvalue weighted by Gasteiger charge is -2.12. The molecule has 0 bridgehead atoms. The maximum atomic E-state index is 12.0. The van der Waals surface area contributed by atoms with Crippen molar-refractivity contribution in [3.05, 3.63) is 28.2 Å². The van der Waals surface area contributed by atoms with Gasteiger partial charge in [-0.3, -0.25) is 4.79 Å². The van der Waals surface area contributed by atoms with Gasteiger partial charge in [-0.05, 0) is 18.2 Å². The van der Waals surface area contributed by atoms with E-state index in [2.05, 4.69) is 20.7 Å². The first-order valence-electron chi connectivity index (χ1n) is 4.42. The van der Waals surface area contributed by atoms with E-state index < -0.39 is 17.9 Å². The molecule has 1 aromatic rings. The molecule has 0 amide bonds. The molecule has 0 aliphatic heterocycles. The Labute approximate surface area is 98.5 Å². The summed E-state index contributed by atoms with van der Waals surface area (Å²) >= 11 is 3.08. The van der Waals surface area contributed by atoms with E-state index in [9.17, 15) is 18.0 Å². The summed E-state index contributed by atoms with van der Waals surface area (Å²) in [5, 5.41) is 0. The number of rotatable bonds is 3. The molecule has 16 heavy (non-hydrogen) atoms. The number of carbonyl (C=O) groups is 1. The first-order chi connectivity index (χ1) is 7.33. The van der Waals surface area contributed by atoms with Crippen molar-refractivity contribution in [1.29, 1.82) is 0 Å². The van der Waals surface area contributed by atoms with Gasteiger partial charge in [-0.15, -0.1) is 13.2 Å². The van der Waals surface area contributed by atoms with Gasteiger partial charge in [0, 0.05) is 10.9 Å². The molecule has 0 saturated carbocycles. The lowest BCUT2D eigenvalue weighted by Crippen LogP contribution is -2.19. The SMILES string of the molecule is CCC(=O)c1cc(Br)ccc1OC(F)(F)F. The Bertz CT molecular complexity index is 402. The third kappa shape index (κ3) is 3.52. The number of ketones is 1. The van der Waals surface area contributed by atoms with Crippen LogP contribution in [0.25, 0.3) is 0 Å². The summed E-state index contributed by atoms with van der Waals surface area (Å²) in [6.45, 7) is 1.57. The zero-order valence-corrected chi connectivity index (χ0v) is 9.85. The largest absolute Gasteiger partial charge is 0.573 e. The summed E-state index contributed by atoms with van der Waals surface area (Å²) in [6.07, 6.45) is -4.68. The predicted molar refractivity (Wildman–Crippen MR) is 55.4 cm³/mol. The minimum atomic E-state index is -4.80. The van der Waals surface area contributed by atoms with Crippen LogP contribution in [0, 0.1) is 0 Å². The highest BCUT2D eigenvalue weighted by molar-refractivity contribution is 9.10. The summed E-state index contributed by atoms with van der Waals surface area (Å²) < 4.78 is 40.4. The van der Waals surface area contributed by atoms with E-state index in [-0.39, 0.29) is 12.0 Å². The number of alkyl halides is 3. The Morgan fingerprint density at radius 3 is 2.56 bits per heavy atom. The first-order valence-corrected chi connectivity index (χ1v) is 5.21. The standard InChI is InChI=1S/C10H8BrF3O2/c1-2-8(15)7-5-6(11)3-4-9(7)16-10(12,13)14/h3-5H,2H2,1H3. The normalized spacial score (nSPS) is 11.3. The molecule has 0 atom stereocenters. The van der Waals surface area contributed by atoms with E-state index in [0.29, 0.717) is 4.47 Å². The lowest BCUT2D eigenvalue weighted by molar-refractivity contribution is -0.274. The fraction of sp³-hybridized carbons (Fsp3) is 0.300. The number of halogens is 4. The molecule has 0 fully saturated rings. The van der Waals surface area contributed by atoms with Gasteiger partial charge in [-0.1, -0.05) is 22.9 Å². The van der Waals surface area contributed by atoms with Crippen LogP contribution < -0.4 is 4.74 Å². The lowest BCUT2D eigenvalue weighted by atomic mass is 10.1. The topological polar surface area (TPSA) is 26.3 Å². The molecule has 0 unspecified atom stereocenters. The van der Waals surface area contributed by atoms with E-state index in [1.54, 1.807) is 6.92 Å². The van der Waals surface area contributed by atoms with Gasteiger partial charge in [0.15, 0.2) is 5.78 Å². The highest BCUT2D eigenvalue weighted by Crippen LogP contribution is 2.29. The van der Waals surface area contributed by atoms with Crippen LogP contribution in [0.4, 0.5) is 13.2 Å². The number of hydrogen-bond acceptors (Lipinski definition) is 2. The van der Waals surface area contributed by atoms with E-state index in [1.807, 2.05) is 0 Å². The van der Waals surface area contributed by atoms with Crippen LogP contribution in [-0.2, 0) is 0 Å². The van der Waals surface area contributed by atoms with Crippen LogP contribution in [0.3, 0.4) is 0 Å². The quantitative estimate of drug-likeness (QED) is 0.790. The molecule has 0 heterocycles. The molecule has 0 saturated heterocycles. The summed E-state index contributed by atoms with van der Waals surface area (Å²) in [5.41, 5.74) is -0.0748. The summed E-state index contributed by atoms with van der Waals surface area (Å²) in [6, 6.07) is 3.81. The summed E-state index contributed by atoms with van der Waals surface area (Å²) in [4.78, 5) is 11.4. The maximum absolute atomic E-state index is 12.0. The average molecular weight is 297 g/mol. The van der Waals surface area contributed by atoms with Gasteiger partial charge < -0.3 is 4.74 Å². The minimum Gasteiger partial charge on any atom is -0.405 e. The van der Waals surface area contributed by atoms with Crippen molar-refractivity contribution >= 4 is 21.7 Å². The van der Waals surface area contributed by atoms with Crippen LogP contribution in [0.5, 0.6) is 5.75 Å². The third-order valence-electron chi connectivity index (χ3n) is 1.79. The van der Waals surface area contributed by atoms with E-state index in [1.165, 1.54) is 12.1 Å². The van der Waals surface area contributed by atoms with Gasteiger partial charge in [0.1, 0.15) is 5.75 Å². The van der Waals surface area contributed by atoms with Gasteiger partial charge in [-0.25, -0.2) is 0 Å². The van der Waals surface area contributed by atoms with E-state index >= 15 is 0 Å². The van der Waals surface area contributed by atoms with Crippen LogP contribution in [-0.4, -0.2) is 12.1 Å². The second-order valence-corrected chi connectivity index (χ2v) is 3.88. The molecule has 88 valence electrons. The molecule has 6 heteroatoms. The van der Waals surface area contributed by atoms with Gasteiger partial charge in [0.2, 0.25) is 0 Å². The predicted octanol–water partition coefficient (Wildman–Crippen LogP) is 3.94. The molecule has 1 aromatic carbocycles. The number of benzene rings is 1. The number of carbonyl (C=O) groups excluding carboxylic acids is 1. The molecule has 1 rings (SSSR count). The molecular weight excluding hydrogens is 289 g/mol. The van der Waals surface area contributed by atoms with Crippen molar-refractivity contribution in [2.45, 2.75) is 19.7 Å². The molecule has 0 N–H and O–H groups in total. The van der Waals surface area contributed by atoms with Crippen LogP contribution >= 0.6 is 15.9 Å². The second-order valence-electron chi connectivity index (χ2n) is 2.97. The molecule has 0 aromatic heterocycles. The molecule has 0 spiro atoms. The van der Waals surface area contributed by atoms with E-state index in [4.69, 9.17) is 0 Å². The highest BCUT2D eigenvalue weighted by Gasteiger charge is 2.32. The Hall–Kier alpha value is -1.04. The zero-order valence-electron chi connectivity index (χ0n) is 8.27. The van der Waals surface area contributed by atoms with Gasteiger partial charge in [0.25, 0.3) is 0 Å². The van der Waals surface area contributed by atoms with Crippen molar-refractivity contribution in [1.82, 2.24) is 0 Å². The van der Waals surface area contributed by atoms with Crippen LogP contribution in [0.1, 0.15) is 23.7 Å². The Morgan fingerprint density at radius 2 is 2.06 bits per heavy atom. The van der Waals surface area contributed by atoms with Gasteiger partial charge in [-0.2, -0.15) is 0 Å². The van der Waals surface area contributed by atoms with Crippen molar-refractivity contribution in [2.24, 2.45) is 0 Å². The zero-order chi connectivity index (χ0) is 12.3. The van der Waals surface area contributed by atoms with Crippen molar-refractivity contribution in [3.63, 3.8) is 0 Å². The monoisotopic (exact) mass is 296 g/mol. The number of Topliss-reactive ketones (excluding diaryl/α,β-unsaturated/α-hetero) is 1. The maximum Gasteiger partial charge on any atom is 0.573 e. The molecule has 0 aliphatic carbocycles. The number of hydrogen-bond donors (Lipinski definition) is 0.